The van der Waals surface area contributed by atoms with Crippen LogP contribution in [0.1, 0.15) is 30.7 Å². The topological polar surface area (TPSA) is 73.3 Å². The summed E-state index contributed by atoms with van der Waals surface area (Å²) in [5.41, 5.74) is 3.62. The minimum Gasteiger partial charge on any atom is -0.492 e. The number of pyridine rings is 1. The van der Waals surface area contributed by atoms with Gasteiger partial charge in [0.1, 0.15) is 17.6 Å². The van der Waals surface area contributed by atoms with Crippen molar-refractivity contribution in [1.82, 2.24) is 10.4 Å². The molecule has 1 atom stereocenters. The van der Waals surface area contributed by atoms with Crippen molar-refractivity contribution in [2.24, 2.45) is 5.84 Å². The Balaban J connectivity index is 2.20. The number of furan rings is 1. The van der Waals surface area contributed by atoms with Gasteiger partial charge in [-0.3, -0.25) is 10.8 Å². The molecule has 0 aliphatic heterocycles. The zero-order valence-corrected chi connectivity index (χ0v) is 10.3. The standard InChI is InChI=1S/C13H17N3O2/c1-2-5-17-11-7-10(8-15-9-11)13(16-14)12-4-3-6-18-12/h3-4,6-9,13,16H,2,5,14H2,1H3. The quantitative estimate of drug-likeness (QED) is 0.603. The molecule has 0 amide bonds. The van der Waals surface area contributed by atoms with Crippen molar-refractivity contribution in [3.05, 3.63) is 48.2 Å². The van der Waals surface area contributed by atoms with Gasteiger partial charge in [-0.25, -0.2) is 5.43 Å². The first-order valence-corrected chi connectivity index (χ1v) is 5.92. The summed E-state index contributed by atoms with van der Waals surface area (Å²) < 4.78 is 10.9. The van der Waals surface area contributed by atoms with E-state index < -0.39 is 0 Å². The van der Waals surface area contributed by atoms with E-state index in [1.807, 2.05) is 18.2 Å². The highest BCUT2D eigenvalue weighted by Gasteiger charge is 2.16. The van der Waals surface area contributed by atoms with Crippen LogP contribution >= 0.6 is 0 Å². The van der Waals surface area contributed by atoms with E-state index in [2.05, 4.69) is 17.3 Å². The minimum absolute atomic E-state index is 0.224. The molecular formula is C13H17N3O2. The van der Waals surface area contributed by atoms with E-state index in [-0.39, 0.29) is 6.04 Å². The Bertz CT molecular complexity index is 471. The Morgan fingerprint density at radius 2 is 2.39 bits per heavy atom. The van der Waals surface area contributed by atoms with Gasteiger partial charge in [-0.1, -0.05) is 6.92 Å². The van der Waals surface area contributed by atoms with Crippen LogP contribution in [0.25, 0.3) is 0 Å². The zero-order valence-electron chi connectivity index (χ0n) is 10.3. The third-order valence-corrected chi connectivity index (χ3v) is 2.53. The second kappa shape index (κ2) is 6.18. The Hall–Kier alpha value is -1.85. The average molecular weight is 247 g/mol. The third kappa shape index (κ3) is 2.88. The van der Waals surface area contributed by atoms with Crippen molar-refractivity contribution >= 4 is 0 Å². The predicted octanol–water partition coefficient (Wildman–Crippen LogP) is 2.02. The number of hydrazine groups is 1. The molecule has 0 saturated heterocycles. The van der Waals surface area contributed by atoms with Gasteiger partial charge in [0.15, 0.2) is 0 Å². The van der Waals surface area contributed by atoms with Crippen molar-refractivity contribution in [2.75, 3.05) is 6.61 Å². The molecule has 5 heteroatoms. The Kier molecular flexibility index (Phi) is 4.33. The molecule has 0 aromatic carbocycles. The lowest BCUT2D eigenvalue weighted by molar-refractivity contribution is 0.315. The third-order valence-electron chi connectivity index (χ3n) is 2.53. The monoisotopic (exact) mass is 247 g/mol. The van der Waals surface area contributed by atoms with Gasteiger partial charge in [-0.2, -0.15) is 0 Å². The molecule has 0 fully saturated rings. The summed E-state index contributed by atoms with van der Waals surface area (Å²) in [6.45, 7) is 2.73. The van der Waals surface area contributed by atoms with Crippen LogP contribution in [0.5, 0.6) is 5.75 Å². The molecule has 18 heavy (non-hydrogen) atoms. The normalized spacial score (nSPS) is 12.3. The summed E-state index contributed by atoms with van der Waals surface area (Å²) in [4.78, 5) is 4.15. The number of hydrogen-bond acceptors (Lipinski definition) is 5. The fourth-order valence-corrected chi connectivity index (χ4v) is 1.69. The van der Waals surface area contributed by atoms with Crippen molar-refractivity contribution in [1.29, 1.82) is 0 Å². The van der Waals surface area contributed by atoms with Crippen LogP contribution in [0.2, 0.25) is 0 Å². The van der Waals surface area contributed by atoms with Crippen LogP contribution in [0.15, 0.2) is 41.3 Å². The second-order valence-electron chi connectivity index (χ2n) is 3.92. The first kappa shape index (κ1) is 12.6. The van der Waals surface area contributed by atoms with Gasteiger partial charge in [0.05, 0.1) is 19.1 Å². The molecule has 2 heterocycles. The number of aromatic nitrogens is 1. The van der Waals surface area contributed by atoms with E-state index in [1.54, 1.807) is 18.7 Å². The Morgan fingerprint density at radius 1 is 1.50 bits per heavy atom. The predicted molar refractivity (Wildman–Crippen MR) is 67.9 cm³/mol. The minimum atomic E-state index is -0.224. The summed E-state index contributed by atoms with van der Waals surface area (Å²) in [7, 11) is 0. The van der Waals surface area contributed by atoms with E-state index in [9.17, 15) is 0 Å². The molecule has 0 aliphatic carbocycles. The summed E-state index contributed by atoms with van der Waals surface area (Å²) >= 11 is 0. The molecule has 3 N–H and O–H groups in total. The van der Waals surface area contributed by atoms with Gasteiger partial charge < -0.3 is 9.15 Å². The second-order valence-corrected chi connectivity index (χ2v) is 3.92. The van der Waals surface area contributed by atoms with E-state index in [0.29, 0.717) is 6.61 Å². The van der Waals surface area contributed by atoms with Gasteiger partial charge in [-0.15, -0.1) is 0 Å². The van der Waals surface area contributed by atoms with Gasteiger partial charge in [-0.05, 0) is 30.2 Å². The molecular weight excluding hydrogens is 230 g/mol. The maximum Gasteiger partial charge on any atom is 0.137 e. The molecule has 0 spiro atoms. The van der Waals surface area contributed by atoms with E-state index in [1.165, 1.54) is 0 Å². The SMILES string of the molecule is CCCOc1cncc(C(NN)c2ccco2)c1. The summed E-state index contributed by atoms with van der Waals surface area (Å²) in [6, 6.07) is 5.38. The molecule has 1 unspecified atom stereocenters. The summed E-state index contributed by atoms with van der Waals surface area (Å²) in [5, 5.41) is 0. The van der Waals surface area contributed by atoms with Crippen LogP contribution in [-0.2, 0) is 0 Å². The number of nitrogens with two attached hydrogens (primary N) is 1. The van der Waals surface area contributed by atoms with Crippen molar-refractivity contribution in [3.8, 4) is 5.75 Å². The Labute approximate surface area is 106 Å². The Morgan fingerprint density at radius 3 is 3.06 bits per heavy atom. The fraction of sp³-hybridized carbons (Fsp3) is 0.308. The van der Waals surface area contributed by atoms with E-state index >= 15 is 0 Å². The zero-order chi connectivity index (χ0) is 12.8. The van der Waals surface area contributed by atoms with Crippen LogP contribution in [0.4, 0.5) is 0 Å². The highest BCUT2D eigenvalue weighted by molar-refractivity contribution is 5.30. The maximum atomic E-state index is 5.57. The van der Waals surface area contributed by atoms with Gasteiger partial charge in [0.2, 0.25) is 0 Å². The first-order valence-electron chi connectivity index (χ1n) is 5.92. The molecule has 2 aromatic heterocycles. The molecule has 0 radical (unpaired) electrons. The highest BCUT2D eigenvalue weighted by atomic mass is 16.5. The molecule has 2 aromatic rings. The summed E-state index contributed by atoms with van der Waals surface area (Å²) in [6.07, 6.45) is 6.01. The summed E-state index contributed by atoms with van der Waals surface area (Å²) in [5.74, 6) is 7.05. The average Bonchev–Trinajstić information content (AvgIpc) is 2.92. The number of hydrogen-bond donors (Lipinski definition) is 2. The van der Waals surface area contributed by atoms with Gasteiger partial charge >= 0.3 is 0 Å². The molecule has 2 rings (SSSR count). The van der Waals surface area contributed by atoms with Crippen molar-refractivity contribution < 1.29 is 9.15 Å². The molecule has 0 bridgehead atoms. The molecule has 96 valence electrons. The highest BCUT2D eigenvalue weighted by Crippen LogP contribution is 2.23. The number of nitrogens with zero attached hydrogens (tertiary/aromatic N) is 1. The number of nitrogens with one attached hydrogen (secondary N) is 1. The first-order chi connectivity index (χ1) is 8.85. The fourth-order valence-electron chi connectivity index (χ4n) is 1.69. The van der Waals surface area contributed by atoms with Crippen LogP contribution in [-0.4, -0.2) is 11.6 Å². The molecule has 0 aliphatic rings. The maximum absolute atomic E-state index is 5.57. The molecule has 5 nitrogen and oxygen atoms in total. The van der Waals surface area contributed by atoms with Crippen LogP contribution in [0, 0.1) is 0 Å². The van der Waals surface area contributed by atoms with Gasteiger partial charge in [0, 0.05) is 6.20 Å². The lowest BCUT2D eigenvalue weighted by atomic mass is 10.1. The van der Waals surface area contributed by atoms with E-state index in [4.69, 9.17) is 15.0 Å². The van der Waals surface area contributed by atoms with Crippen molar-refractivity contribution in [3.63, 3.8) is 0 Å². The van der Waals surface area contributed by atoms with Gasteiger partial charge in [0.25, 0.3) is 0 Å². The largest absolute Gasteiger partial charge is 0.492 e. The van der Waals surface area contributed by atoms with Crippen LogP contribution in [0.3, 0.4) is 0 Å². The van der Waals surface area contributed by atoms with E-state index in [0.717, 1.165) is 23.5 Å². The van der Waals surface area contributed by atoms with Crippen molar-refractivity contribution in [2.45, 2.75) is 19.4 Å². The smallest absolute Gasteiger partial charge is 0.137 e. The molecule has 0 saturated carbocycles. The number of ether oxygens (including phenoxy) is 1. The lowest BCUT2D eigenvalue weighted by Crippen LogP contribution is -2.28. The van der Waals surface area contributed by atoms with Crippen LogP contribution < -0.4 is 16.0 Å². The lowest BCUT2D eigenvalue weighted by Gasteiger charge is -2.14. The number of rotatable bonds is 6.